The molecule has 2 N–H and O–H groups in total. The number of aliphatic hydroxyl groups excluding tert-OH is 2. The van der Waals surface area contributed by atoms with Crippen molar-refractivity contribution in [3.63, 3.8) is 0 Å². The first-order valence-electron chi connectivity index (χ1n) is 6.24. The Morgan fingerprint density at radius 1 is 1.47 bits per heavy atom. The Morgan fingerprint density at radius 2 is 2.24 bits per heavy atom. The Morgan fingerprint density at radius 3 is 2.76 bits per heavy atom. The summed E-state index contributed by atoms with van der Waals surface area (Å²) in [6.45, 7) is 5.26. The highest BCUT2D eigenvalue weighted by Crippen LogP contribution is 2.31. The molecule has 1 saturated heterocycles. The van der Waals surface area contributed by atoms with E-state index in [0.29, 0.717) is 5.75 Å². The highest BCUT2D eigenvalue weighted by molar-refractivity contribution is 7.99. The van der Waals surface area contributed by atoms with Crippen LogP contribution in [-0.2, 0) is 9.47 Å². The Bertz CT molecular complexity index is 191. The van der Waals surface area contributed by atoms with Crippen LogP contribution >= 0.6 is 11.8 Å². The van der Waals surface area contributed by atoms with Gasteiger partial charge in [0.2, 0.25) is 0 Å². The van der Waals surface area contributed by atoms with Gasteiger partial charge in [0, 0.05) is 17.8 Å². The Hall–Kier alpha value is 0.190. The Kier molecular flexibility index (Phi) is 7.46. The molecule has 17 heavy (non-hydrogen) atoms. The summed E-state index contributed by atoms with van der Waals surface area (Å²) in [5.41, 5.74) is 0.278. The molecule has 0 aromatic carbocycles. The van der Waals surface area contributed by atoms with Gasteiger partial charge in [-0.15, -0.1) is 0 Å². The molecule has 0 saturated carbocycles. The third kappa shape index (κ3) is 5.57. The molecule has 0 aromatic rings. The average Bonchev–Trinajstić information content (AvgIpc) is 2.30. The number of hydrogen-bond donors (Lipinski definition) is 2. The zero-order chi connectivity index (χ0) is 12.6. The van der Waals surface area contributed by atoms with E-state index in [1.807, 2.05) is 0 Å². The minimum Gasteiger partial charge on any atom is -0.394 e. The fourth-order valence-corrected chi connectivity index (χ4v) is 2.47. The SMILES string of the molecule is CCC1(COCCCSCC(O)CO)COC1. The molecule has 1 aliphatic rings. The van der Waals surface area contributed by atoms with Crippen molar-refractivity contribution in [2.45, 2.75) is 25.9 Å². The molecule has 1 rings (SSSR count). The summed E-state index contributed by atoms with van der Waals surface area (Å²) in [6.07, 6.45) is 1.52. The number of rotatable bonds is 10. The van der Waals surface area contributed by atoms with Gasteiger partial charge in [-0.2, -0.15) is 11.8 Å². The lowest BCUT2D eigenvalue weighted by Crippen LogP contribution is -2.45. The topological polar surface area (TPSA) is 58.9 Å². The van der Waals surface area contributed by atoms with Gasteiger partial charge in [0.1, 0.15) is 0 Å². The van der Waals surface area contributed by atoms with Gasteiger partial charge in [0.15, 0.2) is 0 Å². The van der Waals surface area contributed by atoms with Crippen LogP contribution in [0.2, 0.25) is 0 Å². The predicted octanol–water partition coefficient (Wildman–Crippen LogP) is 0.906. The van der Waals surface area contributed by atoms with E-state index in [9.17, 15) is 0 Å². The second-order valence-corrected chi connectivity index (χ2v) is 5.81. The van der Waals surface area contributed by atoms with E-state index in [2.05, 4.69) is 6.92 Å². The second-order valence-electron chi connectivity index (χ2n) is 4.66. The minimum absolute atomic E-state index is 0.150. The summed E-state index contributed by atoms with van der Waals surface area (Å²) in [6, 6.07) is 0. The molecule has 0 aromatic heterocycles. The van der Waals surface area contributed by atoms with E-state index in [0.717, 1.165) is 45.0 Å². The zero-order valence-corrected chi connectivity index (χ0v) is 11.4. The molecule has 1 heterocycles. The molecule has 102 valence electrons. The van der Waals surface area contributed by atoms with Gasteiger partial charge in [-0.05, 0) is 18.6 Å². The quantitative estimate of drug-likeness (QED) is 0.574. The van der Waals surface area contributed by atoms with Gasteiger partial charge in [-0.1, -0.05) is 6.92 Å². The summed E-state index contributed by atoms with van der Waals surface area (Å²) >= 11 is 1.65. The molecule has 4 nitrogen and oxygen atoms in total. The first-order valence-corrected chi connectivity index (χ1v) is 7.40. The minimum atomic E-state index is -0.587. The maximum absolute atomic E-state index is 9.12. The maximum Gasteiger partial charge on any atom is 0.0861 e. The van der Waals surface area contributed by atoms with Crippen molar-refractivity contribution in [2.75, 3.05) is 44.5 Å². The third-order valence-corrected chi connectivity index (χ3v) is 4.27. The van der Waals surface area contributed by atoms with Crippen LogP contribution < -0.4 is 0 Å². The van der Waals surface area contributed by atoms with Crippen molar-refractivity contribution >= 4 is 11.8 Å². The summed E-state index contributed by atoms with van der Waals surface area (Å²) in [5, 5.41) is 17.7. The molecule has 0 bridgehead atoms. The highest BCUT2D eigenvalue weighted by atomic mass is 32.2. The Labute approximate surface area is 108 Å². The molecular formula is C12H24O4S. The van der Waals surface area contributed by atoms with Gasteiger partial charge < -0.3 is 19.7 Å². The van der Waals surface area contributed by atoms with Crippen molar-refractivity contribution < 1.29 is 19.7 Å². The number of aliphatic hydroxyl groups is 2. The van der Waals surface area contributed by atoms with Gasteiger partial charge in [-0.3, -0.25) is 0 Å². The van der Waals surface area contributed by atoms with Crippen LogP contribution in [0.25, 0.3) is 0 Å². The van der Waals surface area contributed by atoms with Crippen molar-refractivity contribution in [2.24, 2.45) is 5.41 Å². The van der Waals surface area contributed by atoms with Gasteiger partial charge in [0.05, 0.1) is 32.5 Å². The summed E-state index contributed by atoms with van der Waals surface area (Å²) in [4.78, 5) is 0. The van der Waals surface area contributed by atoms with Gasteiger partial charge in [-0.25, -0.2) is 0 Å². The fraction of sp³-hybridized carbons (Fsp3) is 1.00. The normalized spacial score (nSPS) is 19.9. The molecule has 0 aliphatic carbocycles. The largest absolute Gasteiger partial charge is 0.394 e. The molecule has 1 aliphatic heterocycles. The smallest absolute Gasteiger partial charge is 0.0861 e. The van der Waals surface area contributed by atoms with Crippen LogP contribution in [0.5, 0.6) is 0 Å². The van der Waals surface area contributed by atoms with Crippen molar-refractivity contribution in [3.05, 3.63) is 0 Å². The lowest BCUT2D eigenvalue weighted by atomic mass is 9.84. The molecule has 1 unspecified atom stereocenters. The van der Waals surface area contributed by atoms with Gasteiger partial charge >= 0.3 is 0 Å². The van der Waals surface area contributed by atoms with Crippen LogP contribution in [0.3, 0.4) is 0 Å². The van der Waals surface area contributed by atoms with E-state index in [1.54, 1.807) is 11.8 Å². The molecule has 0 spiro atoms. The van der Waals surface area contributed by atoms with Crippen LogP contribution in [0, 0.1) is 5.41 Å². The lowest BCUT2D eigenvalue weighted by Gasteiger charge is -2.40. The summed E-state index contributed by atoms with van der Waals surface area (Å²) in [7, 11) is 0. The molecule has 0 radical (unpaired) electrons. The number of ether oxygens (including phenoxy) is 2. The van der Waals surface area contributed by atoms with Crippen molar-refractivity contribution in [3.8, 4) is 0 Å². The van der Waals surface area contributed by atoms with Crippen LogP contribution in [0.4, 0.5) is 0 Å². The first-order chi connectivity index (χ1) is 8.22. The van der Waals surface area contributed by atoms with E-state index in [4.69, 9.17) is 19.7 Å². The maximum atomic E-state index is 9.12. The monoisotopic (exact) mass is 264 g/mol. The van der Waals surface area contributed by atoms with E-state index < -0.39 is 6.10 Å². The van der Waals surface area contributed by atoms with Crippen molar-refractivity contribution in [1.29, 1.82) is 0 Å². The molecule has 1 atom stereocenters. The predicted molar refractivity (Wildman–Crippen MR) is 69.4 cm³/mol. The second kappa shape index (κ2) is 8.32. The van der Waals surface area contributed by atoms with Crippen LogP contribution in [0.15, 0.2) is 0 Å². The fourth-order valence-electron chi connectivity index (χ4n) is 1.60. The lowest BCUT2D eigenvalue weighted by molar-refractivity contribution is -0.150. The van der Waals surface area contributed by atoms with Gasteiger partial charge in [0.25, 0.3) is 0 Å². The number of hydrogen-bond acceptors (Lipinski definition) is 5. The third-order valence-electron chi connectivity index (χ3n) is 3.07. The zero-order valence-electron chi connectivity index (χ0n) is 10.6. The standard InChI is InChI=1S/C12H24O4S/c1-2-12(9-16-10-12)8-15-4-3-5-17-7-11(14)6-13/h11,13-14H,2-10H2,1H3. The molecular weight excluding hydrogens is 240 g/mol. The molecule has 5 heteroatoms. The number of thioether (sulfide) groups is 1. The Balaban J connectivity index is 1.87. The summed E-state index contributed by atoms with van der Waals surface area (Å²) < 4.78 is 10.9. The van der Waals surface area contributed by atoms with E-state index >= 15 is 0 Å². The van der Waals surface area contributed by atoms with Crippen molar-refractivity contribution in [1.82, 2.24) is 0 Å². The average molecular weight is 264 g/mol. The highest BCUT2D eigenvalue weighted by Gasteiger charge is 2.36. The summed E-state index contributed by atoms with van der Waals surface area (Å²) in [5.74, 6) is 1.57. The first kappa shape index (κ1) is 15.2. The van der Waals surface area contributed by atoms with Crippen LogP contribution in [-0.4, -0.2) is 60.9 Å². The molecule has 1 fully saturated rings. The van der Waals surface area contributed by atoms with Crippen LogP contribution in [0.1, 0.15) is 19.8 Å². The van der Waals surface area contributed by atoms with E-state index in [1.165, 1.54) is 0 Å². The van der Waals surface area contributed by atoms with E-state index in [-0.39, 0.29) is 12.0 Å². The molecule has 0 amide bonds.